The lowest BCUT2D eigenvalue weighted by Crippen LogP contribution is -2.37. The number of amides is 1. The Balaban J connectivity index is 1.86. The van der Waals surface area contributed by atoms with Crippen molar-refractivity contribution in [2.24, 2.45) is 0 Å². The molecule has 0 atom stereocenters. The summed E-state index contributed by atoms with van der Waals surface area (Å²) < 4.78 is 1.69. The summed E-state index contributed by atoms with van der Waals surface area (Å²) in [5.74, 6) is 0.467. The number of likely N-dealkylation sites (tertiary alicyclic amines) is 1. The molecule has 6 heteroatoms. The van der Waals surface area contributed by atoms with Gasteiger partial charge in [-0.25, -0.2) is 4.98 Å². The third kappa shape index (κ3) is 3.48. The van der Waals surface area contributed by atoms with Crippen LogP contribution in [0.4, 0.5) is 0 Å². The number of para-hydroxylation sites is 1. The second-order valence-electron chi connectivity index (χ2n) is 6.41. The smallest absolute Gasteiger partial charge is 0.262 e. The predicted molar refractivity (Wildman–Crippen MR) is 97.5 cm³/mol. The molecule has 0 unspecified atom stereocenters. The lowest BCUT2D eigenvalue weighted by Gasteiger charge is -2.26. The van der Waals surface area contributed by atoms with E-state index in [2.05, 4.69) is 4.98 Å². The molecule has 1 fully saturated rings. The highest BCUT2D eigenvalue weighted by atomic mass is 32.2. The Hall–Kier alpha value is -1.82. The fourth-order valence-corrected chi connectivity index (χ4v) is 4.07. The summed E-state index contributed by atoms with van der Waals surface area (Å²) in [6.07, 6.45) is 3.37. The summed E-state index contributed by atoms with van der Waals surface area (Å²) in [7, 11) is 0. The Bertz CT molecular complexity index is 794. The molecule has 0 N–H and O–H groups in total. The van der Waals surface area contributed by atoms with Crippen LogP contribution in [0.1, 0.15) is 39.2 Å². The number of thioether (sulfide) groups is 1. The van der Waals surface area contributed by atoms with E-state index in [1.807, 2.05) is 36.9 Å². The molecule has 1 aliphatic rings. The number of benzene rings is 1. The van der Waals surface area contributed by atoms with Gasteiger partial charge < -0.3 is 4.90 Å². The monoisotopic (exact) mass is 345 g/mol. The van der Waals surface area contributed by atoms with Crippen molar-refractivity contribution in [3.8, 4) is 0 Å². The van der Waals surface area contributed by atoms with Crippen LogP contribution in [0.5, 0.6) is 0 Å². The molecule has 0 spiro atoms. The van der Waals surface area contributed by atoms with Crippen molar-refractivity contribution in [1.82, 2.24) is 14.5 Å². The highest BCUT2D eigenvalue weighted by Crippen LogP contribution is 2.22. The minimum atomic E-state index is -0.0384. The van der Waals surface area contributed by atoms with Crippen molar-refractivity contribution in [3.05, 3.63) is 34.6 Å². The van der Waals surface area contributed by atoms with E-state index in [0.717, 1.165) is 25.9 Å². The number of hydrogen-bond acceptors (Lipinski definition) is 4. The van der Waals surface area contributed by atoms with E-state index in [1.165, 1.54) is 18.2 Å². The van der Waals surface area contributed by atoms with Gasteiger partial charge in [0.15, 0.2) is 5.16 Å². The average Bonchev–Trinajstić information content (AvgIpc) is 2.60. The Morgan fingerprint density at radius 3 is 2.62 bits per heavy atom. The standard InChI is InChI=1S/C18H23N3O2S/c1-13(2)21-17(23)14-8-4-5-9-15(14)19-18(21)24-12-16(22)20-10-6-3-7-11-20/h4-5,8-9,13H,3,6-7,10-12H2,1-2H3. The number of hydrogen-bond donors (Lipinski definition) is 0. The Labute approximate surface area is 146 Å². The molecule has 1 aromatic carbocycles. The second kappa shape index (κ2) is 7.38. The van der Waals surface area contributed by atoms with E-state index in [9.17, 15) is 9.59 Å². The zero-order valence-electron chi connectivity index (χ0n) is 14.2. The Morgan fingerprint density at radius 1 is 1.21 bits per heavy atom. The van der Waals surface area contributed by atoms with Crippen molar-refractivity contribution in [2.75, 3.05) is 18.8 Å². The van der Waals surface area contributed by atoms with Gasteiger partial charge in [0.05, 0.1) is 16.7 Å². The summed E-state index contributed by atoms with van der Waals surface area (Å²) >= 11 is 1.37. The Kier molecular flexibility index (Phi) is 5.23. The van der Waals surface area contributed by atoms with Gasteiger partial charge in [-0.1, -0.05) is 23.9 Å². The molecule has 1 saturated heterocycles. The molecular formula is C18H23N3O2S. The molecule has 0 bridgehead atoms. The number of carbonyl (C=O) groups is 1. The van der Waals surface area contributed by atoms with Crippen molar-refractivity contribution >= 4 is 28.6 Å². The zero-order valence-corrected chi connectivity index (χ0v) is 15.0. The second-order valence-corrected chi connectivity index (χ2v) is 7.35. The quantitative estimate of drug-likeness (QED) is 0.631. The maximum absolute atomic E-state index is 12.8. The van der Waals surface area contributed by atoms with E-state index in [0.29, 0.717) is 21.8 Å². The number of carbonyl (C=O) groups excluding carboxylic acids is 1. The highest BCUT2D eigenvalue weighted by Gasteiger charge is 2.19. The first-order valence-electron chi connectivity index (χ1n) is 8.50. The van der Waals surface area contributed by atoms with Gasteiger partial charge in [0.25, 0.3) is 5.56 Å². The summed E-state index contributed by atoms with van der Waals surface area (Å²) in [6, 6.07) is 7.38. The maximum Gasteiger partial charge on any atom is 0.262 e. The first kappa shape index (κ1) is 17.0. The molecule has 2 aromatic rings. The van der Waals surface area contributed by atoms with Crippen LogP contribution in [-0.2, 0) is 4.79 Å². The van der Waals surface area contributed by atoms with Crippen molar-refractivity contribution in [2.45, 2.75) is 44.3 Å². The van der Waals surface area contributed by atoms with Gasteiger partial charge >= 0.3 is 0 Å². The minimum Gasteiger partial charge on any atom is -0.342 e. The average molecular weight is 345 g/mol. The number of nitrogens with zero attached hydrogens (tertiary/aromatic N) is 3. The topological polar surface area (TPSA) is 55.2 Å². The van der Waals surface area contributed by atoms with Crippen LogP contribution >= 0.6 is 11.8 Å². The maximum atomic E-state index is 12.8. The van der Waals surface area contributed by atoms with Crippen LogP contribution in [0.15, 0.2) is 34.2 Å². The summed E-state index contributed by atoms with van der Waals surface area (Å²) in [4.78, 5) is 31.7. The number of piperidine rings is 1. The van der Waals surface area contributed by atoms with Crippen molar-refractivity contribution in [3.63, 3.8) is 0 Å². The van der Waals surface area contributed by atoms with E-state index in [1.54, 1.807) is 10.6 Å². The summed E-state index contributed by atoms with van der Waals surface area (Å²) in [5.41, 5.74) is 0.649. The first-order chi connectivity index (χ1) is 11.6. The molecule has 1 aromatic heterocycles. The van der Waals surface area contributed by atoms with Gasteiger partial charge in [0.1, 0.15) is 0 Å². The number of rotatable bonds is 4. The van der Waals surface area contributed by atoms with Crippen LogP contribution in [-0.4, -0.2) is 39.2 Å². The van der Waals surface area contributed by atoms with E-state index < -0.39 is 0 Å². The third-order valence-corrected chi connectivity index (χ3v) is 5.26. The van der Waals surface area contributed by atoms with E-state index in [-0.39, 0.29) is 17.5 Å². The molecular weight excluding hydrogens is 322 g/mol. The zero-order chi connectivity index (χ0) is 17.1. The lowest BCUT2D eigenvalue weighted by molar-refractivity contribution is -0.129. The summed E-state index contributed by atoms with van der Waals surface area (Å²) in [5, 5.41) is 1.25. The largest absolute Gasteiger partial charge is 0.342 e. The highest BCUT2D eigenvalue weighted by molar-refractivity contribution is 7.99. The van der Waals surface area contributed by atoms with E-state index in [4.69, 9.17) is 0 Å². The van der Waals surface area contributed by atoms with Gasteiger partial charge in [0.2, 0.25) is 5.91 Å². The lowest BCUT2D eigenvalue weighted by atomic mass is 10.1. The van der Waals surface area contributed by atoms with Crippen LogP contribution < -0.4 is 5.56 Å². The van der Waals surface area contributed by atoms with Crippen LogP contribution in [0.25, 0.3) is 10.9 Å². The Morgan fingerprint density at radius 2 is 1.92 bits per heavy atom. The van der Waals surface area contributed by atoms with Gasteiger partial charge in [-0.05, 0) is 45.2 Å². The number of fused-ring (bicyclic) bond motifs is 1. The van der Waals surface area contributed by atoms with E-state index >= 15 is 0 Å². The molecule has 3 rings (SSSR count). The van der Waals surface area contributed by atoms with Gasteiger partial charge in [-0.2, -0.15) is 0 Å². The molecule has 0 saturated carbocycles. The summed E-state index contributed by atoms with van der Waals surface area (Å²) in [6.45, 7) is 5.63. The molecule has 24 heavy (non-hydrogen) atoms. The predicted octanol–water partition coefficient (Wildman–Crippen LogP) is 3.08. The molecule has 0 aliphatic carbocycles. The van der Waals surface area contributed by atoms with Crippen LogP contribution in [0.2, 0.25) is 0 Å². The normalized spacial score (nSPS) is 15.2. The van der Waals surface area contributed by atoms with Crippen LogP contribution in [0, 0.1) is 0 Å². The van der Waals surface area contributed by atoms with Gasteiger partial charge in [-0.3, -0.25) is 14.2 Å². The fourth-order valence-electron chi connectivity index (χ4n) is 3.04. The molecule has 2 heterocycles. The number of aromatic nitrogens is 2. The molecule has 0 radical (unpaired) electrons. The molecule has 128 valence electrons. The molecule has 1 aliphatic heterocycles. The SMILES string of the molecule is CC(C)n1c(SCC(=O)N2CCCCC2)nc2ccccc2c1=O. The fraction of sp³-hybridized carbons (Fsp3) is 0.500. The van der Waals surface area contributed by atoms with Crippen molar-refractivity contribution < 1.29 is 4.79 Å². The minimum absolute atomic E-state index is 0.00203. The van der Waals surface area contributed by atoms with Gasteiger partial charge in [0, 0.05) is 19.1 Å². The third-order valence-electron chi connectivity index (χ3n) is 4.33. The van der Waals surface area contributed by atoms with Gasteiger partial charge in [-0.15, -0.1) is 0 Å². The van der Waals surface area contributed by atoms with Crippen molar-refractivity contribution in [1.29, 1.82) is 0 Å². The van der Waals surface area contributed by atoms with Crippen LogP contribution in [0.3, 0.4) is 0 Å². The molecule has 1 amide bonds. The molecule has 5 nitrogen and oxygen atoms in total. The first-order valence-corrected chi connectivity index (χ1v) is 9.48.